The second-order valence-electron chi connectivity index (χ2n) is 6.88. The van der Waals surface area contributed by atoms with E-state index in [0.29, 0.717) is 10.2 Å². The van der Waals surface area contributed by atoms with E-state index in [0.717, 1.165) is 17.1 Å². The molecule has 0 saturated heterocycles. The number of nitrogens with zero attached hydrogens (tertiary/aromatic N) is 5. The van der Waals surface area contributed by atoms with Crippen molar-refractivity contribution in [3.05, 3.63) is 54.6 Å². The van der Waals surface area contributed by atoms with Gasteiger partial charge in [0.2, 0.25) is 0 Å². The quantitative estimate of drug-likeness (QED) is 0.586. The molecule has 0 radical (unpaired) electrons. The van der Waals surface area contributed by atoms with Crippen molar-refractivity contribution >= 4 is 41.1 Å². The van der Waals surface area contributed by atoms with Crippen LogP contribution < -0.4 is 9.49 Å². The molecule has 0 spiro atoms. The summed E-state index contributed by atoms with van der Waals surface area (Å²) in [5.74, 6) is -0.185. The van der Waals surface area contributed by atoms with Gasteiger partial charge in [-0.1, -0.05) is 24.3 Å². The molecule has 1 heterocycles. The number of rotatable bonds is 4. The molecule has 0 N–H and O–H groups in total. The Morgan fingerprint density at radius 3 is 2.38 bits per heavy atom. The fourth-order valence-electron chi connectivity index (χ4n) is 2.54. The lowest BCUT2D eigenvalue weighted by atomic mass is 10.2. The largest absolute Gasteiger partial charge is 0.298 e. The highest BCUT2D eigenvalue weighted by Gasteiger charge is 2.34. The number of anilines is 1. The second-order valence-corrected chi connectivity index (χ2v) is 6.88. The van der Waals surface area contributed by atoms with E-state index >= 15 is 0 Å². The summed E-state index contributed by atoms with van der Waals surface area (Å²) in [6.07, 6.45) is 0. The van der Waals surface area contributed by atoms with Gasteiger partial charge in [0.1, 0.15) is 5.69 Å². The van der Waals surface area contributed by atoms with Crippen LogP contribution in [-0.4, -0.2) is 38.8 Å². The molecule has 0 bridgehead atoms. The van der Waals surface area contributed by atoms with E-state index in [1.165, 1.54) is 5.01 Å². The topological polar surface area (TPSA) is 57.4 Å². The zero-order valence-corrected chi connectivity index (χ0v) is 16.1. The van der Waals surface area contributed by atoms with Gasteiger partial charge >= 0.3 is 0 Å². The first-order valence-electron chi connectivity index (χ1n) is 8.13. The lowest BCUT2D eigenvalue weighted by Gasteiger charge is -2.23. The summed E-state index contributed by atoms with van der Waals surface area (Å²) >= 11 is 0. The molecule has 136 valence electrons. The minimum Gasteiger partial charge on any atom is -0.298 e. The van der Waals surface area contributed by atoms with Gasteiger partial charge in [0, 0.05) is 6.07 Å². The molecular weight excluding hydrogens is 350 g/mol. The van der Waals surface area contributed by atoms with Gasteiger partial charge in [-0.3, -0.25) is 9.28 Å². The first-order chi connectivity index (χ1) is 11.9. The number of benzene rings is 2. The Bertz CT molecular complexity index is 843. The van der Waals surface area contributed by atoms with Crippen LogP contribution in [0.3, 0.4) is 0 Å². The number of hydrogen-bond donors (Lipinski definition) is 0. The molecule has 26 heavy (non-hydrogen) atoms. The van der Waals surface area contributed by atoms with Crippen LogP contribution in [0.2, 0.25) is 0 Å². The molecule has 6 nitrogen and oxygen atoms in total. The summed E-state index contributed by atoms with van der Waals surface area (Å²) in [4.78, 5) is 12.6. The van der Waals surface area contributed by atoms with Crippen molar-refractivity contribution in [2.45, 2.75) is 13.0 Å². The maximum absolute atomic E-state index is 12.6. The average molecular weight is 373 g/mol. The van der Waals surface area contributed by atoms with Crippen molar-refractivity contribution in [3.63, 3.8) is 0 Å². The van der Waals surface area contributed by atoms with Gasteiger partial charge in [0.15, 0.2) is 6.04 Å². The predicted molar refractivity (Wildman–Crippen MR) is 109 cm³/mol. The summed E-state index contributed by atoms with van der Waals surface area (Å²) in [6, 6.07) is 16.5. The summed E-state index contributed by atoms with van der Waals surface area (Å²) in [5, 5.41) is 14.3. The highest BCUT2D eigenvalue weighted by molar-refractivity contribution is 6.18. The highest BCUT2D eigenvalue weighted by Crippen LogP contribution is 2.26. The number of quaternary nitrogens is 1. The van der Waals surface area contributed by atoms with Crippen LogP contribution in [-0.2, 0) is 4.79 Å². The molecule has 3 rings (SSSR count). The Labute approximate surface area is 159 Å². The third-order valence-corrected chi connectivity index (χ3v) is 3.99. The molecule has 0 aliphatic carbocycles. The highest BCUT2D eigenvalue weighted by atomic mass is 35.5. The average Bonchev–Trinajstić information content (AvgIpc) is 2.88. The fraction of sp³-hybridized carbons (Fsp3) is 0.263. The van der Waals surface area contributed by atoms with Gasteiger partial charge in [-0.2, -0.15) is 20.3 Å². The van der Waals surface area contributed by atoms with Crippen LogP contribution in [0.15, 0.2) is 69.9 Å². The Balaban J connectivity index is 0.00000243. The number of carbonyl (C=O) groups excluding carboxylic acids is 1. The van der Waals surface area contributed by atoms with E-state index in [-0.39, 0.29) is 18.3 Å². The third kappa shape index (κ3) is 4.15. The number of amides is 1. The molecule has 2 aromatic rings. The molecule has 1 atom stereocenters. The first-order valence-corrected chi connectivity index (χ1v) is 8.13. The third-order valence-electron chi connectivity index (χ3n) is 3.99. The summed E-state index contributed by atoms with van der Waals surface area (Å²) in [5.41, 5.74) is 3.21. The van der Waals surface area contributed by atoms with Gasteiger partial charge in [0.25, 0.3) is 5.91 Å². The molecule has 1 amide bonds. The van der Waals surface area contributed by atoms with Crippen molar-refractivity contribution in [2.75, 3.05) is 26.2 Å². The first kappa shape index (κ1) is 19.8. The van der Waals surface area contributed by atoms with Crippen LogP contribution in [0.4, 0.5) is 17.1 Å². The monoisotopic (exact) mass is 372 g/mol. The lowest BCUT2D eigenvalue weighted by Crippen LogP contribution is -2.34. The normalized spacial score (nSPS) is 17.4. The molecule has 1 unspecified atom stereocenters. The van der Waals surface area contributed by atoms with E-state index in [1.807, 2.05) is 54.6 Å². The van der Waals surface area contributed by atoms with E-state index in [2.05, 4.69) is 36.5 Å². The maximum atomic E-state index is 12.6. The number of azo groups is 1. The fourth-order valence-corrected chi connectivity index (χ4v) is 2.54. The molecule has 1 aliphatic heterocycles. The minimum atomic E-state index is -0.673. The Morgan fingerprint density at radius 1 is 1.04 bits per heavy atom. The Kier molecular flexibility index (Phi) is 5.90. The number of carbonyl (C=O) groups is 1. The van der Waals surface area contributed by atoms with Gasteiger partial charge in [-0.25, -0.2) is 0 Å². The number of para-hydroxylation sites is 1. The van der Waals surface area contributed by atoms with E-state index in [4.69, 9.17) is 0 Å². The van der Waals surface area contributed by atoms with Crippen LogP contribution in [0, 0.1) is 0 Å². The van der Waals surface area contributed by atoms with Crippen molar-refractivity contribution in [2.24, 2.45) is 15.3 Å². The van der Waals surface area contributed by atoms with Crippen molar-refractivity contribution in [1.82, 2.24) is 4.48 Å². The summed E-state index contributed by atoms with van der Waals surface area (Å²) in [7, 11) is 6.27. The number of hydrazone groups is 1. The van der Waals surface area contributed by atoms with Crippen molar-refractivity contribution in [3.8, 4) is 0 Å². The standard InChI is InChI=1S/C19H22N5O.ClH/c1-14-18(19(25)23(22-14)16-10-6-5-7-11-16)21-20-15-9-8-12-17(13-15)24(2,3)4;/h5-13,18H,1-4H3;1H/q+1;. The zero-order valence-electron chi connectivity index (χ0n) is 15.3. The SMILES string of the molecule is CC1=NN(c2ccccc2)C(=O)C1N=Nc1cccc([N+](C)(C)C)c1.Cl. The van der Waals surface area contributed by atoms with Crippen LogP contribution in [0.1, 0.15) is 6.92 Å². The van der Waals surface area contributed by atoms with Crippen molar-refractivity contribution in [1.29, 1.82) is 0 Å². The molecule has 0 saturated carbocycles. The van der Waals surface area contributed by atoms with Gasteiger partial charge in [0.05, 0.1) is 38.2 Å². The molecule has 0 aromatic heterocycles. The zero-order chi connectivity index (χ0) is 18.0. The van der Waals surface area contributed by atoms with E-state index in [1.54, 1.807) is 6.92 Å². The molecule has 0 fully saturated rings. The van der Waals surface area contributed by atoms with E-state index < -0.39 is 6.04 Å². The minimum absolute atomic E-state index is 0. The van der Waals surface area contributed by atoms with Gasteiger partial charge in [-0.05, 0) is 31.2 Å². The summed E-state index contributed by atoms with van der Waals surface area (Å²) < 4.78 is 0.688. The maximum Gasteiger partial charge on any atom is 0.280 e. The summed E-state index contributed by atoms with van der Waals surface area (Å²) in [6.45, 7) is 1.80. The Hall–Kier alpha value is -2.57. The molecule has 1 aliphatic rings. The molecule has 7 heteroatoms. The molecule has 2 aromatic carbocycles. The predicted octanol–water partition coefficient (Wildman–Crippen LogP) is 4.18. The second kappa shape index (κ2) is 7.76. The van der Waals surface area contributed by atoms with E-state index in [9.17, 15) is 4.79 Å². The lowest BCUT2D eigenvalue weighted by molar-refractivity contribution is -0.117. The smallest absolute Gasteiger partial charge is 0.280 e. The molecular formula is C19H23ClN5O+. The number of halogens is 1. The number of hydrogen-bond acceptors (Lipinski definition) is 4. The van der Waals surface area contributed by atoms with Gasteiger partial charge < -0.3 is 0 Å². The van der Waals surface area contributed by atoms with Gasteiger partial charge in [-0.15, -0.1) is 12.4 Å². The van der Waals surface area contributed by atoms with Crippen LogP contribution >= 0.6 is 12.4 Å². The Morgan fingerprint density at radius 2 is 1.73 bits per heavy atom. The van der Waals surface area contributed by atoms with Crippen molar-refractivity contribution < 1.29 is 4.79 Å². The van der Waals surface area contributed by atoms with Crippen LogP contribution in [0.5, 0.6) is 0 Å². The van der Waals surface area contributed by atoms with Crippen LogP contribution in [0.25, 0.3) is 0 Å².